The maximum absolute atomic E-state index is 13.3. The van der Waals surface area contributed by atoms with E-state index in [1.807, 2.05) is 0 Å². The van der Waals surface area contributed by atoms with Gasteiger partial charge in [-0.2, -0.15) is 0 Å². The number of alkyl halides is 1. The molecule has 0 bridgehead atoms. The molecule has 0 unspecified atom stereocenters. The fourth-order valence-electron chi connectivity index (χ4n) is 3.66. The first-order valence-electron chi connectivity index (χ1n) is 9.77. The number of hydrogen-bond donors (Lipinski definition) is 0. The van der Waals surface area contributed by atoms with Crippen molar-refractivity contribution in [1.29, 1.82) is 0 Å². The molecule has 0 saturated heterocycles. The van der Waals surface area contributed by atoms with Gasteiger partial charge in [-0.3, -0.25) is 0 Å². The van der Waals surface area contributed by atoms with Crippen molar-refractivity contribution in [2.45, 2.75) is 64.0 Å². The first-order valence-corrected chi connectivity index (χ1v) is 9.77. The van der Waals surface area contributed by atoms with Crippen LogP contribution in [-0.4, -0.2) is 6.17 Å². The van der Waals surface area contributed by atoms with Crippen LogP contribution in [0, 0.1) is 0 Å². The first kappa shape index (κ1) is 17.9. The minimum Gasteiger partial charge on any atom is -0.247 e. The average Bonchev–Trinajstić information content (AvgIpc) is 2.67. The Labute approximate surface area is 151 Å². The minimum atomic E-state index is -0.579. The molecule has 2 aromatic rings. The van der Waals surface area contributed by atoms with Crippen LogP contribution in [0.4, 0.5) is 4.39 Å². The SMILES string of the molecule is CCCC/C=C/c1ccc(-c2ccc(C3CCC(F)CC3)cc2)cc1. The summed E-state index contributed by atoms with van der Waals surface area (Å²) >= 11 is 0. The van der Waals surface area contributed by atoms with Gasteiger partial charge in [0, 0.05) is 0 Å². The Morgan fingerprint density at radius 2 is 1.48 bits per heavy atom. The van der Waals surface area contributed by atoms with Crippen LogP contribution in [0.3, 0.4) is 0 Å². The zero-order valence-electron chi connectivity index (χ0n) is 15.3. The van der Waals surface area contributed by atoms with Gasteiger partial charge in [0.1, 0.15) is 6.17 Å². The molecular formula is C24H29F. The third-order valence-corrected chi connectivity index (χ3v) is 5.32. The molecule has 1 fully saturated rings. The highest BCUT2D eigenvalue weighted by molar-refractivity contribution is 5.66. The Morgan fingerprint density at radius 1 is 0.880 bits per heavy atom. The molecule has 0 atom stereocenters. The summed E-state index contributed by atoms with van der Waals surface area (Å²) in [5, 5.41) is 0. The summed E-state index contributed by atoms with van der Waals surface area (Å²) in [7, 11) is 0. The van der Waals surface area contributed by atoms with E-state index in [1.54, 1.807) is 0 Å². The Hall–Kier alpha value is -1.89. The highest BCUT2D eigenvalue weighted by Crippen LogP contribution is 2.34. The normalized spacial score (nSPS) is 20.9. The molecule has 0 N–H and O–H groups in total. The third kappa shape index (κ3) is 5.04. The Bertz CT molecular complexity index is 658. The van der Waals surface area contributed by atoms with Crippen molar-refractivity contribution in [1.82, 2.24) is 0 Å². The van der Waals surface area contributed by atoms with Gasteiger partial charge >= 0.3 is 0 Å². The van der Waals surface area contributed by atoms with Gasteiger partial charge < -0.3 is 0 Å². The summed E-state index contributed by atoms with van der Waals surface area (Å²) in [6.07, 6.45) is 11.0. The lowest BCUT2D eigenvalue weighted by Crippen LogP contribution is -2.13. The van der Waals surface area contributed by atoms with Crippen molar-refractivity contribution in [3.8, 4) is 11.1 Å². The van der Waals surface area contributed by atoms with Crippen molar-refractivity contribution in [3.05, 3.63) is 65.7 Å². The molecule has 1 heteroatoms. The largest absolute Gasteiger partial charge is 0.247 e. The maximum Gasteiger partial charge on any atom is 0.100 e. The monoisotopic (exact) mass is 336 g/mol. The van der Waals surface area contributed by atoms with Crippen LogP contribution in [0.15, 0.2) is 54.6 Å². The Kier molecular flexibility index (Phi) is 6.44. The van der Waals surface area contributed by atoms with Gasteiger partial charge in [0.25, 0.3) is 0 Å². The highest BCUT2D eigenvalue weighted by Gasteiger charge is 2.21. The zero-order valence-corrected chi connectivity index (χ0v) is 15.3. The van der Waals surface area contributed by atoms with Crippen LogP contribution in [0.1, 0.15) is 68.9 Å². The maximum atomic E-state index is 13.3. The van der Waals surface area contributed by atoms with Crippen LogP contribution in [0.25, 0.3) is 17.2 Å². The van der Waals surface area contributed by atoms with E-state index in [4.69, 9.17) is 0 Å². The smallest absolute Gasteiger partial charge is 0.100 e. The average molecular weight is 336 g/mol. The van der Waals surface area contributed by atoms with Gasteiger partial charge in [0.05, 0.1) is 0 Å². The van der Waals surface area contributed by atoms with Gasteiger partial charge in [-0.15, -0.1) is 0 Å². The molecule has 0 amide bonds. The molecule has 0 spiro atoms. The molecule has 0 heterocycles. The Morgan fingerprint density at radius 3 is 2.08 bits per heavy atom. The summed E-state index contributed by atoms with van der Waals surface area (Å²) in [5.41, 5.74) is 5.14. The molecule has 1 aliphatic rings. The van der Waals surface area contributed by atoms with E-state index in [-0.39, 0.29) is 0 Å². The van der Waals surface area contributed by atoms with Gasteiger partial charge in [0.2, 0.25) is 0 Å². The fraction of sp³-hybridized carbons (Fsp3) is 0.417. The number of hydrogen-bond acceptors (Lipinski definition) is 0. The second kappa shape index (κ2) is 8.99. The predicted molar refractivity (Wildman–Crippen MR) is 107 cm³/mol. The lowest BCUT2D eigenvalue weighted by molar-refractivity contribution is 0.235. The van der Waals surface area contributed by atoms with Gasteiger partial charge in [0.15, 0.2) is 0 Å². The molecular weight excluding hydrogens is 307 g/mol. The fourth-order valence-corrected chi connectivity index (χ4v) is 3.66. The molecule has 1 saturated carbocycles. The molecule has 0 aromatic heterocycles. The Balaban J connectivity index is 1.63. The van der Waals surface area contributed by atoms with E-state index in [0.29, 0.717) is 5.92 Å². The third-order valence-electron chi connectivity index (χ3n) is 5.32. The van der Waals surface area contributed by atoms with E-state index < -0.39 is 6.17 Å². The summed E-state index contributed by atoms with van der Waals surface area (Å²) in [5.74, 6) is 0.539. The van der Waals surface area contributed by atoms with E-state index in [0.717, 1.165) is 32.1 Å². The lowest BCUT2D eigenvalue weighted by atomic mass is 9.83. The predicted octanol–water partition coefficient (Wildman–Crippen LogP) is 7.55. The van der Waals surface area contributed by atoms with Crippen molar-refractivity contribution in [2.24, 2.45) is 0 Å². The minimum absolute atomic E-state index is 0.539. The molecule has 0 aliphatic heterocycles. The van der Waals surface area contributed by atoms with Crippen LogP contribution >= 0.6 is 0 Å². The van der Waals surface area contributed by atoms with Crippen LogP contribution in [0.5, 0.6) is 0 Å². The van der Waals surface area contributed by atoms with Gasteiger partial charge in [-0.25, -0.2) is 4.39 Å². The summed E-state index contributed by atoms with van der Waals surface area (Å²) < 4.78 is 13.3. The molecule has 3 rings (SSSR count). The molecule has 0 radical (unpaired) electrons. The standard InChI is InChI=1S/C24H29F/c1-2-3-4-5-6-19-7-9-20(10-8-19)21-11-13-22(14-12-21)23-15-17-24(25)18-16-23/h5-14,23-24H,2-4,15-18H2,1H3/b6-5+. The van der Waals surface area contributed by atoms with Crippen LogP contribution in [-0.2, 0) is 0 Å². The number of halogens is 1. The molecule has 0 nitrogen and oxygen atoms in total. The molecule has 25 heavy (non-hydrogen) atoms. The number of benzene rings is 2. The molecule has 2 aromatic carbocycles. The van der Waals surface area contributed by atoms with Crippen LogP contribution < -0.4 is 0 Å². The summed E-state index contributed by atoms with van der Waals surface area (Å²) in [6.45, 7) is 2.22. The van der Waals surface area contributed by atoms with Crippen molar-refractivity contribution < 1.29 is 4.39 Å². The summed E-state index contributed by atoms with van der Waals surface area (Å²) in [6, 6.07) is 17.7. The van der Waals surface area contributed by atoms with Crippen LogP contribution in [0.2, 0.25) is 0 Å². The topological polar surface area (TPSA) is 0 Å². The number of unbranched alkanes of at least 4 members (excludes halogenated alkanes) is 2. The molecule has 132 valence electrons. The van der Waals surface area contributed by atoms with Crippen molar-refractivity contribution >= 4 is 6.08 Å². The van der Waals surface area contributed by atoms with Crippen molar-refractivity contribution in [3.63, 3.8) is 0 Å². The van der Waals surface area contributed by atoms with Gasteiger partial charge in [-0.05, 0) is 60.3 Å². The highest BCUT2D eigenvalue weighted by atomic mass is 19.1. The van der Waals surface area contributed by atoms with E-state index in [9.17, 15) is 4.39 Å². The van der Waals surface area contributed by atoms with Gasteiger partial charge in [-0.1, -0.05) is 80.4 Å². The number of rotatable bonds is 6. The zero-order chi connectivity index (χ0) is 17.5. The van der Waals surface area contributed by atoms with E-state index in [1.165, 1.54) is 35.1 Å². The van der Waals surface area contributed by atoms with E-state index in [2.05, 4.69) is 67.6 Å². The molecule has 1 aliphatic carbocycles. The second-order valence-electron chi connectivity index (χ2n) is 7.24. The summed E-state index contributed by atoms with van der Waals surface area (Å²) in [4.78, 5) is 0. The quantitative estimate of drug-likeness (QED) is 0.478. The van der Waals surface area contributed by atoms with E-state index >= 15 is 0 Å². The number of allylic oxidation sites excluding steroid dienone is 1. The van der Waals surface area contributed by atoms with Crippen molar-refractivity contribution in [2.75, 3.05) is 0 Å². The second-order valence-corrected chi connectivity index (χ2v) is 7.24. The first-order chi connectivity index (χ1) is 12.3. The lowest BCUT2D eigenvalue weighted by Gasteiger charge is -2.24.